The summed E-state index contributed by atoms with van der Waals surface area (Å²) in [6.45, 7) is -0.296. The number of nitrogens with zero attached hydrogens (tertiary/aromatic N) is 1. The van der Waals surface area contributed by atoms with Crippen molar-refractivity contribution in [2.75, 3.05) is 0 Å². The SMILES string of the molecule is OCc1sc(Oc2cc(Br)cc(F)c2F)nc1Cl. The molecule has 0 aliphatic carbocycles. The number of rotatable bonds is 3. The topological polar surface area (TPSA) is 42.4 Å². The third-order valence-corrected chi connectivity index (χ3v) is 3.73. The molecule has 1 N–H and O–H groups in total. The molecule has 0 saturated carbocycles. The van der Waals surface area contributed by atoms with Crippen molar-refractivity contribution in [1.29, 1.82) is 0 Å². The summed E-state index contributed by atoms with van der Waals surface area (Å²) >= 11 is 9.68. The zero-order valence-corrected chi connectivity index (χ0v) is 11.7. The van der Waals surface area contributed by atoms with Gasteiger partial charge in [0, 0.05) is 4.47 Å². The maximum atomic E-state index is 13.4. The second-order valence-corrected chi connectivity index (χ2v) is 5.47. The Morgan fingerprint density at radius 2 is 2.17 bits per heavy atom. The molecule has 3 nitrogen and oxygen atoms in total. The van der Waals surface area contributed by atoms with E-state index in [1.807, 2.05) is 0 Å². The minimum atomic E-state index is -1.12. The monoisotopic (exact) mass is 355 g/mol. The normalized spacial score (nSPS) is 10.7. The van der Waals surface area contributed by atoms with Gasteiger partial charge in [0.15, 0.2) is 11.6 Å². The first-order valence-corrected chi connectivity index (χ1v) is 6.58. The Kier molecular flexibility index (Phi) is 4.16. The van der Waals surface area contributed by atoms with Crippen LogP contribution in [0.3, 0.4) is 0 Å². The molecule has 96 valence electrons. The summed E-state index contributed by atoms with van der Waals surface area (Å²) in [5.41, 5.74) is 0. The number of thiazole rings is 1. The first-order chi connectivity index (χ1) is 8.51. The molecule has 0 radical (unpaired) electrons. The zero-order valence-electron chi connectivity index (χ0n) is 8.58. The minimum Gasteiger partial charge on any atom is -0.428 e. The average Bonchev–Trinajstić information content (AvgIpc) is 2.65. The van der Waals surface area contributed by atoms with Crippen LogP contribution in [0.15, 0.2) is 16.6 Å². The third kappa shape index (κ3) is 2.80. The maximum absolute atomic E-state index is 13.4. The number of benzene rings is 1. The second-order valence-electron chi connectivity index (χ2n) is 3.15. The molecule has 0 aliphatic rings. The Morgan fingerprint density at radius 3 is 2.78 bits per heavy atom. The van der Waals surface area contributed by atoms with E-state index in [1.165, 1.54) is 6.07 Å². The van der Waals surface area contributed by atoms with Gasteiger partial charge in [-0.15, -0.1) is 0 Å². The lowest BCUT2D eigenvalue weighted by atomic mass is 10.3. The van der Waals surface area contributed by atoms with Gasteiger partial charge in [-0.05, 0) is 12.1 Å². The highest BCUT2D eigenvalue weighted by Gasteiger charge is 2.15. The first kappa shape index (κ1) is 13.7. The van der Waals surface area contributed by atoms with E-state index in [9.17, 15) is 8.78 Å². The molecule has 1 heterocycles. The summed E-state index contributed by atoms with van der Waals surface area (Å²) < 4.78 is 32.0. The van der Waals surface area contributed by atoms with E-state index in [0.29, 0.717) is 9.35 Å². The van der Waals surface area contributed by atoms with Gasteiger partial charge in [-0.3, -0.25) is 0 Å². The van der Waals surface area contributed by atoms with Crippen LogP contribution in [-0.4, -0.2) is 10.1 Å². The molecule has 0 amide bonds. The number of hydrogen-bond acceptors (Lipinski definition) is 4. The Morgan fingerprint density at radius 1 is 1.44 bits per heavy atom. The zero-order chi connectivity index (χ0) is 13.3. The number of aliphatic hydroxyl groups excluding tert-OH is 1. The number of aliphatic hydroxyl groups is 1. The van der Waals surface area contributed by atoms with Crippen LogP contribution in [0.25, 0.3) is 0 Å². The van der Waals surface area contributed by atoms with Gasteiger partial charge in [-0.2, -0.15) is 9.37 Å². The number of halogens is 4. The van der Waals surface area contributed by atoms with E-state index in [1.54, 1.807) is 0 Å². The van der Waals surface area contributed by atoms with Gasteiger partial charge in [0.05, 0.1) is 11.5 Å². The van der Waals surface area contributed by atoms with Gasteiger partial charge >= 0.3 is 0 Å². The molecule has 0 aliphatic heterocycles. The van der Waals surface area contributed by atoms with Crippen LogP contribution < -0.4 is 4.74 Å². The Balaban J connectivity index is 2.33. The standard InChI is InChI=1S/C10H5BrClF2NO2S/c11-4-1-5(13)8(14)6(2-4)17-10-15-9(12)7(3-16)18-10/h1-2,16H,3H2. The van der Waals surface area contributed by atoms with Gasteiger partial charge in [0.25, 0.3) is 5.19 Å². The predicted octanol–water partition coefficient (Wildman–Crippen LogP) is 4.12. The van der Waals surface area contributed by atoms with E-state index in [-0.39, 0.29) is 22.7 Å². The van der Waals surface area contributed by atoms with Crippen molar-refractivity contribution in [1.82, 2.24) is 4.98 Å². The van der Waals surface area contributed by atoms with Crippen LogP contribution in [0.1, 0.15) is 4.88 Å². The summed E-state index contributed by atoms with van der Waals surface area (Å²) in [6, 6.07) is 2.25. The Bertz CT molecular complexity index is 593. The highest BCUT2D eigenvalue weighted by molar-refractivity contribution is 9.10. The van der Waals surface area contributed by atoms with E-state index in [4.69, 9.17) is 21.4 Å². The molecule has 0 saturated heterocycles. The largest absolute Gasteiger partial charge is 0.428 e. The fourth-order valence-electron chi connectivity index (χ4n) is 1.15. The van der Waals surface area contributed by atoms with Crippen molar-refractivity contribution in [2.24, 2.45) is 0 Å². The molecule has 1 aromatic heterocycles. The molecule has 2 rings (SSSR count). The van der Waals surface area contributed by atoms with Crippen molar-refractivity contribution in [3.8, 4) is 10.9 Å². The minimum absolute atomic E-state index is 0.0282. The molecule has 0 bridgehead atoms. The summed E-state index contributed by atoms with van der Waals surface area (Å²) in [4.78, 5) is 4.17. The Hall–Kier alpha value is -0.760. The molecule has 1 aromatic carbocycles. The van der Waals surface area contributed by atoms with E-state index < -0.39 is 11.6 Å². The van der Waals surface area contributed by atoms with Crippen molar-refractivity contribution in [3.63, 3.8) is 0 Å². The maximum Gasteiger partial charge on any atom is 0.280 e. The van der Waals surface area contributed by atoms with Gasteiger partial charge < -0.3 is 9.84 Å². The molecule has 0 unspecified atom stereocenters. The van der Waals surface area contributed by atoms with Crippen LogP contribution >= 0.6 is 38.9 Å². The molecule has 2 aromatic rings. The summed E-state index contributed by atoms with van der Waals surface area (Å²) in [6.07, 6.45) is 0. The number of aromatic nitrogens is 1. The fourth-order valence-corrected chi connectivity index (χ4v) is 2.54. The quantitative estimate of drug-likeness (QED) is 0.841. The van der Waals surface area contributed by atoms with Gasteiger partial charge in [-0.1, -0.05) is 38.9 Å². The lowest BCUT2D eigenvalue weighted by Gasteiger charge is -2.04. The van der Waals surface area contributed by atoms with Crippen molar-refractivity contribution >= 4 is 38.9 Å². The molecular weight excluding hydrogens is 352 g/mol. The van der Waals surface area contributed by atoms with E-state index >= 15 is 0 Å². The van der Waals surface area contributed by atoms with Crippen LogP contribution in [0.4, 0.5) is 8.78 Å². The van der Waals surface area contributed by atoms with Crippen LogP contribution in [0.5, 0.6) is 10.9 Å². The van der Waals surface area contributed by atoms with Crippen molar-refractivity contribution in [3.05, 3.63) is 38.3 Å². The smallest absolute Gasteiger partial charge is 0.280 e. The van der Waals surface area contributed by atoms with Crippen molar-refractivity contribution in [2.45, 2.75) is 6.61 Å². The van der Waals surface area contributed by atoms with Gasteiger partial charge in [0.2, 0.25) is 5.82 Å². The lowest BCUT2D eigenvalue weighted by molar-refractivity contribution is 0.285. The highest BCUT2D eigenvalue weighted by Crippen LogP contribution is 2.34. The number of ether oxygens (including phenoxy) is 1. The fraction of sp³-hybridized carbons (Fsp3) is 0.100. The van der Waals surface area contributed by atoms with Crippen LogP contribution in [0, 0.1) is 11.6 Å². The van der Waals surface area contributed by atoms with Gasteiger partial charge in [-0.25, -0.2) is 4.39 Å². The Labute approximate surface area is 118 Å². The predicted molar refractivity (Wildman–Crippen MR) is 67.2 cm³/mol. The summed E-state index contributed by atoms with van der Waals surface area (Å²) in [7, 11) is 0. The highest BCUT2D eigenvalue weighted by atomic mass is 79.9. The molecule has 0 spiro atoms. The second kappa shape index (κ2) is 5.48. The lowest BCUT2D eigenvalue weighted by Crippen LogP contribution is -1.91. The molecule has 18 heavy (non-hydrogen) atoms. The average molecular weight is 357 g/mol. The van der Waals surface area contributed by atoms with E-state index in [2.05, 4.69) is 20.9 Å². The molecule has 0 atom stereocenters. The van der Waals surface area contributed by atoms with Crippen LogP contribution in [0.2, 0.25) is 5.15 Å². The van der Waals surface area contributed by atoms with Crippen LogP contribution in [-0.2, 0) is 6.61 Å². The molecular formula is C10H5BrClF2NO2S. The first-order valence-electron chi connectivity index (χ1n) is 4.59. The molecule has 8 heteroatoms. The van der Waals surface area contributed by atoms with Gasteiger partial charge in [0.1, 0.15) is 5.15 Å². The summed E-state index contributed by atoms with van der Waals surface area (Å²) in [5.74, 6) is -2.46. The third-order valence-electron chi connectivity index (χ3n) is 1.93. The molecule has 0 fully saturated rings. The summed E-state index contributed by atoms with van der Waals surface area (Å²) in [5, 5.41) is 9.03. The number of hydrogen-bond donors (Lipinski definition) is 1. The van der Waals surface area contributed by atoms with Crippen molar-refractivity contribution < 1.29 is 18.6 Å². The van der Waals surface area contributed by atoms with E-state index in [0.717, 1.165) is 17.4 Å².